The summed E-state index contributed by atoms with van der Waals surface area (Å²) in [5, 5.41) is 17.7. The number of hydrogen-bond acceptors (Lipinski definition) is 6. The van der Waals surface area contributed by atoms with E-state index < -0.39 is 0 Å². The van der Waals surface area contributed by atoms with Crippen LogP contribution in [0.5, 0.6) is 11.5 Å². The van der Waals surface area contributed by atoms with Crippen molar-refractivity contribution in [3.05, 3.63) is 67.3 Å². The molecule has 1 aliphatic heterocycles. The van der Waals surface area contributed by atoms with Crippen LogP contribution in [0, 0.1) is 0 Å². The molecule has 0 bridgehead atoms. The van der Waals surface area contributed by atoms with Crippen molar-refractivity contribution in [3.63, 3.8) is 0 Å². The topological polar surface area (TPSA) is 70.9 Å². The fraction of sp³-hybridized carbons (Fsp3) is 0.111. The Morgan fingerprint density at radius 2 is 1.81 bits per heavy atom. The quantitative estimate of drug-likeness (QED) is 0.387. The lowest BCUT2D eigenvalue weighted by Crippen LogP contribution is -2.24. The highest BCUT2D eigenvalue weighted by molar-refractivity contribution is 9.11. The second-order valence-corrected chi connectivity index (χ2v) is 9.40. The predicted molar refractivity (Wildman–Crippen MR) is 118 cm³/mol. The van der Waals surface area contributed by atoms with Crippen LogP contribution in [0.1, 0.15) is 15.7 Å². The van der Waals surface area contributed by atoms with Gasteiger partial charge in [-0.05, 0) is 78.1 Å². The lowest BCUT2D eigenvalue weighted by atomic mass is 10.2. The van der Waals surface area contributed by atoms with Gasteiger partial charge in [-0.2, -0.15) is 5.10 Å². The summed E-state index contributed by atoms with van der Waals surface area (Å²) >= 11 is 10.0. The van der Waals surface area contributed by atoms with E-state index in [1.807, 2.05) is 24.3 Å². The van der Waals surface area contributed by atoms with E-state index in [0.29, 0.717) is 24.8 Å². The third-order valence-electron chi connectivity index (χ3n) is 3.42. The number of rotatable bonds is 6. The summed E-state index contributed by atoms with van der Waals surface area (Å²) in [4.78, 5) is 11.8. The van der Waals surface area contributed by atoms with E-state index in [4.69, 9.17) is 4.74 Å². The van der Waals surface area contributed by atoms with Crippen molar-refractivity contribution in [1.82, 2.24) is 5.43 Å². The molecule has 5 nitrogen and oxygen atoms in total. The molecule has 1 amide bonds. The number of carbonyl (C=O) groups excluding carboxylic acids is 1. The summed E-state index contributed by atoms with van der Waals surface area (Å²) in [5.41, 5.74) is 4.33. The van der Waals surface area contributed by atoms with Crippen molar-refractivity contribution in [2.45, 2.75) is 4.58 Å². The number of aromatic hydroxyl groups is 1. The van der Waals surface area contributed by atoms with E-state index >= 15 is 0 Å². The average Bonchev–Trinajstić information content (AvgIpc) is 3.19. The van der Waals surface area contributed by atoms with Crippen molar-refractivity contribution in [1.29, 1.82) is 0 Å². The Labute approximate surface area is 181 Å². The normalized spacial score (nSPS) is 14.0. The summed E-state index contributed by atoms with van der Waals surface area (Å²) in [6, 6.07) is 11.1. The lowest BCUT2D eigenvalue weighted by Gasteiger charge is -2.10. The van der Waals surface area contributed by atoms with Crippen LogP contribution in [0.3, 0.4) is 0 Å². The Bertz CT molecular complexity index is 858. The molecule has 1 heterocycles. The fourth-order valence-corrected chi connectivity index (χ4v) is 5.43. The molecule has 0 radical (unpaired) electrons. The van der Waals surface area contributed by atoms with Crippen LogP contribution in [-0.2, 0) is 4.79 Å². The molecule has 0 saturated carbocycles. The number of carbonyl (C=O) groups is 1. The Hall–Kier alpha value is -1.42. The number of phenols is 1. The monoisotopic (exact) mass is 528 g/mol. The molecule has 9 heteroatoms. The first-order valence-corrected chi connectivity index (χ1v) is 11.2. The maximum Gasteiger partial charge on any atom is 0.277 e. The second kappa shape index (κ2) is 9.68. The molecule has 0 saturated heterocycles. The van der Waals surface area contributed by atoms with Gasteiger partial charge < -0.3 is 9.84 Å². The summed E-state index contributed by atoms with van der Waals surface area (Å²) in [6.45, 7) is -0.131. The molecule has 2 N–H and O–H groups in total. The number of hydrazone groups is 1. The fourth-order valence-electron chi connectivity index (χ4n) is 2.14. The van der Waals surface area contributed by atoms with Crippen molar-refractivity contribution >= 4 is 67.5 Å². The Morgan fingerprint density at radius 3 is 2.44 bits per heavy atom. The highest BCUT2D eigenvalue weighted by Crippen LogP contribution is 2.46. The first-order chi connectivity index (χ1) is 13.0. The number of phenolic OH excluding ortho intramolecular Hbond substituents is 1. The molecule has 0 fully saturated rings. The average molecular weight is 530 g/mol. The van der Waals surface area contributed by atoms with Gasteiger partial charge in [-0.15, -0.1) is 23.5 Å². The third kappa shape index (κ3) is 5.78. The van der Waals surface area contributed by atoms with Gasteiger partial charge in [0.25, 0.3) is 5.91 Å². The van der Waals surface area contributed by atoms with E-state index in [2.05, 4.69) is 53.2 Å². The zero-order valence-electron chi connectivity index (χ0n) is 13.8. The van der Waals surface area contributed by atoms with Gasteiger partial charge in [0, 0.05) is 0 Å². The summed E-state index contributed by atoms with van der Waals surface area (Å²) in [5.74, 6) is 0.376. The summed E-state index contributed by atoms with van der Waals surface area (Å²) < 4.78 is 6.92. The first-order valence-electron chi connectivity index (χ1n) is 7.71. The lowest BCUT2D eigenvalue weighted by molar-refractivity contribution is -0.123. The molecule has 0 aromatic heterocycles. The minimum atomic E-state index is -0.363. The summed E-state index contributed by atoms with van der Waals surface area (Å²) in [6.07, 6.45) is 1.48. The molecule has 140 valence electrons. The molecule has 0 unspecified atom stereocenters. The molecular formula is C18H14Br2N2O3S2. The predicted octanol–water partition coefficient (Wildman–Crippen LogP) is 5.40. The van der Waals surface area contributed by atoms with Crippen LogP contribution >= 0.6 is 55.4 Å². The second-order valence-electron chi connectivity index (χ2n) is 5.36. The number of benzene rings is 2. The Kier molecular flexibility index (Phi) is 7.28. The molecular weight excluding hydrogens is 516 g/mol. The SMILES string of the molecule is O=C(COc1ccc(C2SC=CS2)cc1)N/N=C/c1cc(Br)c(O)c(Br)c1. The number of hydrogen-bond donors (Lipinski definition) is 2. The largest absolute Gasteiger partial charge is 0.506 e. The van der Waals surface area contributed by atoms with Crippen LogP contribution in [0.15, 0.2) is 61.3 Å². The minimum absolute atomic E-state index is 0.108. The van der Waals surface area contributed by atoms with E-state index in [0.717, 1.165) is 0 Å². The van der Waals surface area contributed by atoms with Crippen molar-refractivity contribution in [2.75, 3.05) is 6.61 Å². The zero-order chi connectivity index (χ0) is 19.2. The van der Waals surface area contributed by atoms with Crippen molar-refractivity contribution in [3.8, 4) is 11.5 Å². The van der Waals surface area contributed by atoms with Gasteiger partial charge in [-0.1, -0.05) is 12.1 Å². The van der Waals surface area contributed by atoms with E-state index in [1.54, 1.807) is 35.7 Å². The van der Waals surface area contributed by atoms with Gasteiger partial charge in [0.2, 0.25) is 0 Å². The minimum Gasteiger partial charge on any atom is -0.506 e. The standard InChI is InChI=1S/C18H14Br2N2O3S2/c19-14-7-11(8-15(20)17(14)24)9-21-22-16(23)10-25-13-3-1-12(2-4-13)18-26-5-6-27-18/h1-9,18,24H,10H2,(H,22,23)/b21-9+. The number of nitrogens with one attached hydrogen (secondary N) is 1. The van der Waals surface area contributed by atoms with Crippen LogP contribution in [0.25, 0.3) is 0 Å². The van der Waals surface area contributed by atoms with Crippen molar-refractivity contribution < 1.29 is 14.6 Å². The number of nitrogens with zero attached hydrogens (tertiary/aromatic N) is 1. The molecule has 0 aliphatic carbocycles. The van der Waals surface area contributed by atoms with Gasteiger partial charge in [0.15, 0.2) is 6.61 Å². The van der Waals surface area contributed by atoms with Crippen LogP contribution < -0.4 is 10.2 Å². The molecule has 0 spiro atoms. The van der Waals surface area contributed by atoms with E-state index in [-0.39, 0.29) is 18.3 Å². The maximum absolute atomic E-state index is 11.8. The van der Waals surface area contributed by atoms with Crippen LogP contribution in [-0.4, -0.2) is 23.8 Å². The number of ether oxygens (including phenoxy) is 1. The first kappa shape index (κ1) is 20.3. The number of thioether (sulfide) groups is 2. The van der Waals surface area contributed by atoms with Crippen LogP contribution in [0.2, 0.25) is 0 Å². The maximum atomic E-state index is 11.8. The van der Waals surface area contributed by atoms with E-state index in [1.165, 1.54) is 11.8 Å². The smallest absolute Gasteiger partial charge is 0.277 e. The van der Waals surface area contributed by atoms with Gasteiger partial charge in [0.1, 0.15) is 11.5 Å². The van der Waals surface area contributed by atoms with Gasteiger partial charge in [-0.25, -0.2) is 5.43 Å². The molecule has 27 heavy (non-hydrogen) atoms. The number of halogens is 2. The molecule has 1 aliphatic rings. The highest BCUT2D eigenvalue weighted by Gasteiger charge is 2.14. The molecule has 3 rings (SSSR count). The summed E-state index contributed by atoms with van der Waals surface area (Å²) in [7, 11) is 0. The molecule has 2 aromatic carbocycles. The van der Waals surface area contributed by atoms with Crippen molar-refractivity contribution in [2.24, 2.45) is 5.10 Å². The van der Waals surface area contributed by atoms with Gasteiger partial charge in [0.05, 0.1) is 19.7 Å². The third-order valence-corrected chi connectivity index (χ3v) is 7.10. The van der Waals surface area contributed by atoms with Gasteiger partial charge in [-0.3, -0.25) is 4.79 Å². The van der Waals surface area contributed by atoms with E-state index in [9.17, 15) is 9.90 Å². The molecule has 2 aromatic rings. The zero-order valence-corrected chi connectivity index (χ0v) is 18.6. The highest BCUT2D eigenvalue weighted by atomic mass is 79.9. The Balaban J connectivity index is 1.47. The Morgan fingerprint density at radius 1 is 1.19 bits per heavy atom. The van der Waals surface area contributed by atoms with Crippen LogP contribution in [0.4, 0.5) is 0 Å². The van der Waals surface area contributed by atoms with Gasteiger partial charge >= 0.3 is 0 Å². The molecule has 0 atom stereocenters. The number of amides is 1.